The van der Waals surface area contributed by atoms with Crippen LogP contribution in [0.15, 0.2) is 48.5 Å². The lowest BCUT2D eigenvalue weighted by molar-refractivity contribution is 0.0724. The highest BCUT2D eigenvalue weighted by Gasteiger charge is 2.21. The molecule has 1 aliphatic heterocycles. The minimum Gasteiger partial charge on any atom is -0.339 e. The number of halogens is 1. The molecule has 0 unspecified atom stereocenters. The van der Waals surface area contributed by atoms with Crippen LogP contribution in [0.25, 0.3) is 5.57 Å². The Morgan fingerprint density at radius 2 is 1.83 bits per heavy atom. The van der Waals surface area contributed by atoms with E-state index in [2.05, 4.69) is 24.3 Å². The van der Waals surface area contributed by atoms with Gasteiger partial charge in [0.2, 0.25) is 0 Å². The number of hydrogen-bond acceptors (Lipinski definition) is 1. The van der Waals surface area contributed by atoms with E-state index in [-0.39, 0.29) is 5.91 Å². The van der Waals surface area contributed by atoms with Crippen molar-refractivity contribution in [3.63, 3.8) is 0 Å². The third kappa shape index (κ3) is 2.87. The molecule has 1 amide bonds. The molecule has 0 aromatic heterocycles. The molecule has 1 aliphatic carbocycles. The second-order valence-electron chi connectivity index (χ2n) is 6.56. The van der Waals surface area contributed by atoms with Crippen LogP contribution in [0.4, 0.5) is 0 Å². The van der Waals surface area contributed by atoms with Gasteiger partial charge in [-0.3, -0.25) is 4.79 Å². The zero-order valence-electron chi connectivity index (χ0n) is 13.6. The molecule has 4 rings (SSSR count). The second kappa shape index (κ2) is 6.45. The summed E-state index contributed by atoms with van der Waals surface area (Å²) in [6, 6.07) is 14.1. The van der Waals surface area contributed by atoms with Crippen LogP contribution in [0.3, 0.4) is 0 Å². The summed E-state index contributed by atoms with van der Waals surface area (Å²) in [5.41, 5.74) is 5.61. The number of nitrogens with zero attached hydrogens (tertiary/aromatic N) is 1. The first-order chi connectivity index (χ1) is 11.7. The molecular weight excluding hydrogens is 318 g/mol. The first-order valence-electron chi connectivity index (χ1n) is 8.61. The number of likely N-dealkylation sites (tertiary alicyclic amines) is 1. The van der Waals surface area contributed by atoms with Gasteiger partial charge < -0.3 is 4.90 Å². The summed E-state index contributed by atoms with van der Waals surface area (Å²) in [5, 5.41) is 0.749. The minimum atomic E-state index is 0.175. The lowest BCUT2D eigenvalue weighted by Gasteiger charge is -2.27. The van der Waals surface area contributed by atoms with E-state index in [4.69, 9.17) is 11.6 Å². The van der Waals surface area contributed by atoms with Gasteiger partial charge in [-0.2, -0.15) is 0 Å². The van der Waals surface area contributed by atoms with Gasteiger partial charge in [0.05, 0.1) is 0 Å². The zero-order valence-corrected chi connectivity index (χ0v) is 14.4. The van der Waals surface area contributed by atoms with Crippen molar-refractivity contribution in [2.45, 2.75) is 25.7 Å². The van der Waals surface area contributed by atoms with Crippen LogP contribution < -0.4 is 0 Å². The summed E-state index contributed by atoms with van der Waals surface area (Å²) in [6.45, 7) is 1.78. The molecule has 2 aromatic carbocycles. The molecular formula is C21H20ClNO. The number of carbonyl (C=O) groups excluding carboxylic acids is 1. The molecule has 1 saturated heterocycles. The van der Waals surface area contributed by atoms with Crippen LogP contribution in [0.2, 0.25) is 5.02 Å². The fraction of sp³-hybridized carbons (Fsp3) is 0.286. The van der Waals surface area contributed by atoms with Crippen LogP contribution in [0.1, 0.15) is 46.3 Å². The molecule has 24 heavy (non-hydrogen) atoms. The molecule has 0 atom stereocenters. The molecule has 0 spiro atoms. The Kier molecular flexibility index (Phi) is 4.15. The maximum atomic E-state index is 12.7. The van der Waals surface area contributed by atoms with E-state index in [9.17, 15) is 4.79 Å². The van der Waals surface area contributed by atoms with Gasteiger partial charge in [0.25, 0.3) is 5.91 Å². The van der Waals surface area contributed by atoms with E-state index in [1.165, 1.54) is 23.1 Å². The van der Waals surface area contributed by atoms with Crippen LogP contribution in [-0.2, 0) is 6.42 Å². The number of hydrogen-bond donors (Lipinski definition) is 0. The standard InChI is InChI=1S/C21H20ClNO/c22-18-6-4-5-15(14-18)19-9-7-16-13-17(8-10-20(16)19)21(24)23-11-2-1-3-12-23/h4-6,8-10,13-14H,1-3,7,11-12H2. The number of carbonyl (C=O) groups is 1. The topological polar surface area (TPSA) is 20.3 Å². The van der Waals surface area contributed by atoms with E-state index >= 15 is 0 Å². The van der Waals surface area contributed by atoms with Gasteiger partial charge >= 0.3 is 0 Å². The van der Waals surface area contributed by atoms with Crippen molar-refractivity contribution in [2.75, 3.05) is 13.1 Å². The molecule has 3 heteroatoms. The molecule has 2 aliphatic rings. The van der Waals surface area contributed by atoms with Crippen molar-refractivity contribution in [1.29, 1.82) is 0 Å². The highest BCUT2D eigenvalue weighted by atomic mass is 35.5. The SMILES string of the molecule is O=C(c1ccc2c(c1)CC=C2c1cccc(Cl)c1)N1CCCCC1. The number of piperidine rings is 1. The van der Waals surface area contributed by atoms with Gasteiger partial charge in [-0.05, 0) is 72.2 Å². The largest absolute Gasteiger partial charge is 0.339 e. The summed E-state index contributed by atoms with van der Waals surface area (Å²) in [4.78, 5) is 14.7. The van der Waals surface area contributed by atoms with Crippen LogP contribution in [0, 0.1) is 0 Å². The Hall–Kier alpha value is -2.06. The predicted molar refractivity (Wildman–Crippen MR) is 98.4 cm³/mol. The van der Waals surface area contributed by atoms with Crippen molar-refractivity contribution >= 4 is 23.1 Å². The normalized spacial score (nSPS) is 16.7. The Bertz CT molecular complexity index is 818. The van der Waals surface area contributed by atoms with Crippen LogP contribution >= 0.6 is 11.6 Å². The molecule has 0 N–H and O–H groups in total. The quantitative estimate of drug-likeness (QED) is 0.759. The first kappa shape index (κ1) is 15.5. The zero-order chi connectivity index (χ0) is 16.5. The van der Waals surface area contributed by atoms with Gasteiger partial charge in [0, 0.05) is 23.7 Å². The van der Waals surface area contributed by atoms with E-state index in [1.807, 2.05) is 29.2 Å². The number of rotatable bonds is 2. The fourth-order valence-corrected chi connectivity index (χ4v) is 3.88. The first-order valence-corrected chi connectivity index (χ1v) is 8.99. The Balaban J connectivity index is 1.61. The van der Waals surface area contributed by atoms with Gasteiger partial charge in [-0.15, -0.1) is 0 Å². The van der Waals surface area contributed by atoms with Crippen molar-refractivity contribution in [3.05, 3.63) is 75.8 Å². The smallest absolute Gasteiger partial charge is 0.253 e. The molecule has 0 bridgehead atoms. The third-order valence-electron chi connectivity index (χ3n) is 4.95. The molecule has 1 fully saturated rings. The summed E-state index contributed by atoms with van der Waals surface area (Å²) < 4.78 is 0. The predicted octanol–water partition coefficient (Wildman–Crippen LogP) is 4.95. The average Bonchev–Trinajstić information content (AvgIpc) is 3.05. The lowest BCUT2D eigenvalue weighted by Crippen LogP contribution is -2.35. The highest BCUT2D eigenvalue weighted by Crippen LogP contribution is 2.34. The molecule has 2 aromatic rings. The molecule has 2 nitrogen and oxygen atoms in total. The summed E-state index contributed by atoms with van der Waals surface area (Å²) in [6.07, 6.45) is 6.58. The number of fused-ring (bicyclic) bond motifs is 1. The molecule has 0 saturated carbocycles. The van der Waals surface area contributed by atoms with E-state index < -0.39 is 0 Å². The van der Waals surface area contributed by atoms with E-state index in [1.54, 1.807) is 0 Å². The van der Waals surface area contributed by atoms with Crippen LogP contribution in [-0.4, -0.2) is 23.9 Å². The summed E-state index contributed by atoms with van der Waals surface area (Å²) in [5.74, 6) is 0.175. The maximum absolute atomic E-state index is 12.7. The third-order valence-corrected chi connectivity index (χ3v) is 5.18. The summed E-state index contributed by atoms with van der Waals surface area (Å²) in [7, 11) is 0. The number of allylic oxidation sites excluding steroid dienone is 1. The molecule has 122 valence electrons. The fourth-order valence-electron chi connectivity index (χ4n) is 3.69. The Labute approximate surface area is 147 Å². The van der Waals surface area contributed by atoms with E-state index in [0.29, 0.717) is 0 Å². The molecule has 0 radical (unpaired) electrons. The highest BCUT2D eigenvalue weighted by molar-refractivity contribution is 6.30. The Morgan fingerprint density at radius 1 is 1.00 bits per heavy atom. The maximum Gasteiger partial charge on any atom is 0.253 e. The van der Waals surface area contributed by atoms with Crippen molar-refractivity contribution in [2.24, 2.45) is 0 Å². The lowest BCUT2D eigenvalue weighted by atomic mass is 9.97. The van der Waals surface area contributed by atoms with Gasteiger partial charge in [0.1, 0.15) is 0 Å². The van der Waals surface area contributed by atoms with Gasteiger partial charge in [-0.1, -0.05) is 35.9 Å². The van der Waals surface area contributed by atoms with Gasteiger partial charge in [0.15, 0.2) is 0 Å². The summed E-state index contributed by atoms with van der Waals surface area (Å²) >= 11 is 6.13. The Morgan fingerprint density at radius 3 is 2.62 bits per heavy atom. The average molecular weight is 338 g/mol. The van der Waals surface area contributed by atoms with Crippen molar-refractivity contribution in [1.82, 2.24) is 4.90 Å². The van der Waals surface area contributed by atoms with Gasteiger partial charge in [-0.25, -0.2) is 0 Å². The van der Waals surface area contributed by atoms with Crippen molar-refractivity contribution < 1.29 is 4.79 Å². The number of benzene rings is 2. The van der Waals surface area contributed by atoms with E-state index in [0.717, 1.165) is 48.5 Å². The van der Waals surface area contributed by atoms with Crippen molar-refractivity contribution in [3.8, 4) is 0 Å². The molecule has 1 heterocycles. The second-order valence-corrected chi connectivity index (χ2v) is 6.99. The minimum absolute atomic E-state index is 0.175. The van der Waals surface area contributed by atoms with Crippen LogP contribution in [0.5, 0.6) is 0 Å². The monoisotopic (exact) mass is 337 g/mol. The number of amides is 1.